The van der Waals surface area contributed by atoms with Gasteiger partial charge in [0.1, 0.15) is 12.4 Å². The number of hydrogen-bond acceptors (Lipinski definition) is 2. The molecule has 0 atom stereocenters. The fraction of sp³-hybridized carbons (Fsp3) is 0.148. The van der Waals surface area contributed by atoms with Crippen LogP contribution >= 0.6 is 0 Å². The lowest BCUT2D eigenvalue weighted by Crippen LogP contribution is -2.03. The molecule has 0 aliphatic carbocycles. The van der Waals surface area contributed by atoms with Crippen molar-refractivity contribution >= 4 is 5.71 Å². The van der Waals surface area contributed by atoms with Gasteiger partial charge in [-0.2, -0.15) is 0 Å². The third-order valence-electron chi connectivity index (χ3n) is 5.31. The van der Waals surface area contributed by atoms with Crippen LogP contribution in [0.5, 0.6) is 0 Å². The van der Waals surface area contributed by atoms with E-state index in [2.05, 4.69) is 47.8 Å². The van der Waals surface area contributed by atoms with Crippen LogP contribution in [0.3, 0.4) is 0 Å². The molecule has 0 radical (unpaired) electrons. The van der Waals surface area contributed by atoms with Crippen molar-refractivity contribution in [2.24, 2.45) is 5.16 Å². The van der Waals surface area contributed by atoms with Crippen molar-refractivity contribution in [2.75, 3.05) is 0 Å². The van der Waals surface area contributed by atoms with E-state index in [9.17, 15) is 4.39 Å². The summed E-state index contributed by atoms with van der Waals surface area (Å²) in [4.78, 5) is 5.62. The molecule has 3 nitrogen and oxygen atoms in total. The zero-order valence-electron chi connectivity index (χ0n) is 18.0. The van der Waals surface area contributed by atoms with Gasteiger partial charge >= 0.3 is 0 Å². The number of halogens is 1. The predicted molar refractivity (Wildman–Crippen MR) is 124 cm³/mol. The molecule has 0 aliphatic rings. The van der Waals surface area contributed by atoms with E-state index >= 15 is 0 Å². The van der Waals surface area contributed by atoms with Crippen molar-refractivity contribution in [3.05, 3.63) is 113 Å². The predicted octanol–water partition coefficient (Wildman–Crippen LogP) is 6.84. The highest BCUT2D eigenvalue weighted by Gasteiger charge is 2.17. The van der Waals surface area contributed by atoms with Gasteiger partial charge in [0.15, 0.2) is 0 Å². The number of hydrogen-bond donors (Lipinski definition) is 0. The first-order valence-electron chi connectivity index (χ1n) is 10.3. The van der Waals surface area contributed by atoms with Crippen LogP contribution in [0.25, 0.3) is 16.9 Å². The van der Waals surface area contributed by atoms with Crippen LogP contribution in [0.1, 0.15) is 29.3 Å². The molecule has 3 aromatic carbocycles. The topological polar surface area (TPSA) is 26.5 Å². The van der Waals surface area contributed by atoms with Crippen LogP contribution in [-0.2, 0) is 11.4 Å². The molecule has 0 aliphatic heterocycles. The van der Waals surface area contributed by atoms with Gasteiger partial charge in [-0.15, -0.1) is 0 Å². The first-order valence-corrected chi connectivity index (χ1v) is 10.3. The maximum atomic E-state index is 13.5. The SMILES string of the molecule is CC(=NOCc1ccccc1)c1cc(-c2ccc(F)cc2)n(-c2cccc(C)c2)c1C. The first kappa shape index (κ1) is 20.6. The molecule has 31 heavy (non-hydrogen) atoms. The molecule has 1 heterocycles. The largest absolute Gasteiger partial charge is 0.391 e. The molecule has 0 fully saturated rings. The fourth-order valence-corrected chi connectivity index (χ4v) is 3.73. The molecule has 4 rings (SSSR count). The van der Waals surface area contributed by atoms with Crippen molar-refractivity contribution in [3.63, 3.8) is 0 Å². The van der Waals surface area contributed by atoms with Gasteiger partial charge in [-0.05, 0) is 79.9 Å². The number of aromatic nitrogens is 1. The molecule has 0 amide bonds. The number of oxime groups is 1. The monoisotopic (exact) mass is 412 g/mol. The summed E-state index contributed by atoms with van der Waals surface area (Å²) in [7, 11) is 0. The molecule has 0 saturated heterocycles. The Bertz CT molecular complexity index is 1210. The molecular formula is C27H25FN2O. The lowest BCUT2D eigenvalue weighted by Gasteiger charge is -2.13. The van der Waals surface area contributed by atoms with E-state index in [-0.39, 0.29) is 5.82 Å². The minimum absolute atomic E-state index is 0.249. The van der Waals surface area contributed by atoms with E-state index in [0.29, 0.717) is 6.61 Å². The van der Waals surface area contributed by atoms with Gasteiger partial charge in [-0.25, -0.2) is 4.39 Å². The third kappa shape index (κ3) is 4.58. The number of aryl methyl sites for hydroxylation is 1. The van der Waals surface area contributed by atoms with Gasteiger partial charge in [-0.3, -0.25) is 0 Å². The van der Waals surface area contributed by atoms with Crippen molar-refractivity contribution in [1.29, 1.82) is 0 Å². The standard InChI is InChI=1S/C27H25FN2O/c1-19-8-7-11-25(16-19)30-21(3)26(17-27(30)23-12-14-24(28)15-13-23)20(2)29-31-18-22-9-5-4-6-10-22/h4-17H,18H2,1-3H3. The summed E-state index contributed by atoms with van der Waals surface area (Å²) < 4.78 is 15.7. The van der Waals surface area contributed by atoms with Crippen LogP contribution in [0.4, 0.5) is 4.39 Å². The number of rotatable bonds is 6. The van der Waals surface area contributed by atoms with Gasteiger partial charge in [0.2, 0.25) is 0 Å². The Morgan fingerprint density at radius 1 is 0.903 bits per heavy atom. The quantitative estimate of drug-likeness (QED) is 0.251. The second-order valence-corrected chi connectivity index (χ2v) is 7.65. The van der Waals surface area contributed by atoms with Crippen molar-refractivity contribution < 1.29 is 9.23 Å². The highest BCUT2D eigenvalue weighted by Crippen LogP contribution is 2.30. The highest BCUT2D eigenvalue weighted by molar-refractivity contribution is 6.01. The van der Waals surface area contributed by atoms with E-state index in [1.54, 1.807) is 12.1 Å². The molecule has 4 aromatic rings. The summed E-state index contributed by atoms with van der Waals surface area (Å²) in [5, 5.41) is 4.37. The summed E-state index contributed by atoms with van der Waals surface area (Å²) in [5.41, 5.74) is 8.06. The van der Waals surface area contributed by atoms with Crippen LogP contribution in [0.15, 0.2) is 90.1 Å². The minimum Gasteiger partial charge on any atom is -0.391 e. The third-order valence-corrected chi connectivity index (χ3v) is 5.31. The zero-order valence-corrected chi connectivity index (χ0v) is 18.0. The lowest BCUT2D eigenvalue weighted by atomic mass is 10.1. The van der Waals surface area contributed by atoms with Crippen molar-refractivity contribution in [3.8, 4) is 16.9 Å². The molecule has 4 heteroatoms. The molecule has 0 spiro atoms. The van der Waals surface area contributed by atoms with Gasteiger partial charge in [-0.1, -0.05) is 47.6 Å². The van der Waals surface area contributed by atoms with E-state index in [1.807, 2.05) is 43.3 Å². The zero-order chi connectivity index (χ0) is 21.8. The maximum Gasteiger partial charge on any atom is 0.142 e. The molecular weight excluding hydrogens is 387 g/mol. The number of benzene rings is 3. The Hall–Kier alpha value is -3.66. The summed E-state index contributed by atoms with van der Waals surface area (Å²) in [5.74, 6) is -0.249. The van der Waals surface area contributed by atoms with E-state index in [1.165, 1.54) is 17.7 Å². The number of nitrogens with zero attached hydrogens (tertiary/aromatic N) is 2. The molecule has 0 N–H and O–H groups in total. The van der Waals surface area contributed by atoms with Crippen LogP contribution in [-0.4, -0.2) is 10.3 Å². The smallest absolute Gasteiger partial charge is 0.142 e. The minimum atomic E-state index is -0.249. The average Bonchev–Trinajstić information content (AvgIpc) is 3.12. The Morgan fingerprint density at radius 3 is 2.35 bits per heavy atom. The lowest BCUT2D eigenvalue weighted by molar-refractivity contribution is 0.130. The highest BCUT2D eigenvalue weighted by atomic mass is 19.1. The second-order valence-electron chi connectivity index (χ2n) is 7.65. The molecule has 0 bridgehead atoms. The van der Waals surface area contributed by atoms with Crippen LogP contribution in [0, 0.1) is 19.7 Å². The Morgan fingerprint density at radius 2 is 1.65 bits per heavy atom. The molecule has 1 aromatic heterocycles. The Balaban J connectivity index is 1.74. The Labute approximate surface area is 182 Å². The van der Waals surface area contributed by atoms with Gasteiger partial charge in [0, 0.05) is 16.9 Å². The summed E-state index contributed by atoms with van der Waals surface area (Å²) in [6.07, 6.45) is 0. The van der Waals surface area contributed by atoms with E-state index in [4.69, 9.17) is 4.84 Å². The second kappa shape index (κ2) is 9.00. The fourth-order valence-electron chi connectivity index (χ4n) is 3.73. The molecule has 0 saturated carbocycles. The van der Waals surface area contributed by atoms with E-state index < -0.39 is 0 Å². The average molecular weight is 413 g/mol. The maximum absolute atomic E-state index is 13.5. The first-order chi connectivity index (χ1) is 15.0. The van der Waals surface area contributed by atoms with E-state index in [0.717, 1.165) is 39.5 Å². The van der Waals surface area contributed by atoms with Crippen LogP contribution < -0.4 is 0 Å². The van der Waals surface area contributed by atoms with Gasteiger partial charge in [0.25, 0.3) is 0 Å². The Kier molecular flexibility index (Phi) is 5.99. The van der Waals surface area contributed by atoms with Crippen LogP contribution in [0.2, 0.25) is 0 Å². The summed E-state index contributed by atoms with van der Waals surface area (Å²) >= 11 is 0. The summed E-state index contributed by atoms with van der Waals surface area (Å²) in [6, 6.07) is 27.0. The molecule has 156 valence electrons. The normalized spacial score (nSPS) is 11.5. The van der Waals surface area contributed by atoms with Crippen molar-refractivity contribution in [2.45, 2.75) is 27.4 Å². The summed E-state index contributed by atoms with van der Waals surface area (Å²) in [6.45, 7) is 6.51. The van der Waals surface area contributed by atoms with Gasteiger partial charge < -0.3 is 9.40 Å². The van der Waals surface area contributed by atoms with Crippen molar-refractivity contribution in [1.82, 2.24) is 4.57 Å². The molecule has 0 unspecified atom stereocenters. The van der Waals surface area contributed by atoms with Gasteiger partial charge in [0.05, 0.1) is 11.4 Å².